The first kappa shape index (κ1) is 15.9. The fourth-order valence-corrected chi connectivity index (χ4v) is 1.76. The van der Waals surface area contributed by atoms with E-state index in [9.17, 15) is 4.79 Å². The molecule has 0 aromatic heterocycles. The molecule has 0 saturated heterocycles. The van der Waals surface area contributed by atoms with E-state index in [0.29, 0.717) is 48.6 Å². The Balaban J connectivity index is 2.26. The van der Waals surface area contributed by atoms with Gasteiger partial charge < -0.3 is 19.9 Å². The standard InChI is InChI=1S/C13H18BrNO4/c1-17-7-8-18-5-2-6-19-13(16)11-9-10(15)3-4-12(11)14/h3-4,9H,2,5-8,15H2,1H3. The summed E-state index contributed by atoms with van der Waals surface area (Å²) in [4.78, 5) is 11.8. The number of anilines is 1. The van der Waals surface area contributed by atoms with Gasteiger partial charge in [0.1, 0.15) is 0 Å². The molecule has 0 atom stereocenters. The van der Waals surface area contributed by atoms with Crippen LogP contribution >= 0.6 is 15.9 Å². The molecule has 0 unspecified atom stereocenters. The number of benzene rings is 1. The smallest absolute Gasteiger partial charge is 0.339 e. The minimum atomic E-state index is -0.393. The molecule has 0 aliphatic carbocycles. The second kappa shape index (κ2) is 8.90. The number of esters is 1. The summed E-state index contributed by atoms with van der Waals surface area (Å²) >= 11 is 3.29. The third-order valence-corrected chi connectivity index (χ3v) is 3.00. The first-order chi connectivity index (χ1) is 9.15. The molecule has 0 amide bonds. The Kier molecular flexibility index (Phi) is 7.47. The molecule has 6 heteroatoms. The van der Waals surface area contributed by atoms with Gasteiger partial charge in [0.25, 0.3) is 0 Å². The van der Waals surface area contributed by atoms with Crippen LogP contribution in [-0.4, -0.2) is 39.5 Å². The summed E-state index contributed by atoms with van der Waals surface area (Å²) in [5.74, 6) is -0.393. The number of halogens is 1. The van der Waals surface area contributed by atoms with E-state index in [4.69, 9.17) is 19.9 Å². The molecule has 1 aromatic rings. The number of ether oxygens (including phenoxy) is 3. The Bertz CT molecular complexity index is 412. The van der Waals surface area contributed by atoms with E-state index in [2.05, 4.69) is 15.9 Å². The molecule has 0 bridgehead atoms. The molecule has 0 aliphatic heterocycles. The number of rotatable bonds is 8. The molecule has 0 aliphatic rings. The van der Waals surface area contributed by atoms with Gasteiger partial charge in [-0.05, 0) is 34.1 Å². The third-order valence-electron chi connectivity index (χ3n) is 2.31. The summed E-state index contributed by atoms with van der Waals surface area (Å²) in [6, 6.07) is 5.02. The van der Waals surface area contributed by atoms with Gasteiger partial charge in [-0.1, -0.05) is 0 Å². The van der Waals surface area contributed by atoms with Gasteiger partial charge in [0.2, 0.25) is 0 Å². The molecule has 1 rings (SSSR count). The van der Waals surface area contributed by atoms with Gasteiger partial charge in [-0.25, -0.2) is 4.79 Å². The van der Waals surface area contributed by atoms with Crippen LogP contribution in [0, 0.1) is 0 Å². The van der Waals surface area contributed by atoms with Crippen LogP contribution in [0.1, 0.15) is 16.8 Å². The molecule has 0 heterocycles. The minimum Gasteiger partial charge on any atom is -0.462 e. The van der Waals surface area contributed by atoms with Gasteiger partial charge in [-0.2, -0.15) is 0 Å². The summed E-state index contributed by atoms with van der Waals surface area (Å²) < 4.78 is 15.9. The Hall–Kier alpha value is -1.11. The topological polar surface area (TPSA) is 70.8 Å². The van der Waals surface area contributed by atoms with Gasteiger partial charge in [-0.15, -0.1) is 0 Å². The number of carbonyl (C=O) groups excluding carboxylic acids is 1. The van der Waals surface area contributed by atoms with Gasteiger partial charge in [0.05, 0.1) is 25.4 Å². The SMILES string of the molecule is COCCOCCCOC(=O)c1cc(N)ccc1Br. The van der Waals surface area contributed by atoms with Crippen molar-refractivity contribution in [3.8, 4) is 0 Å². The Morgan fingerprint density at radius 2 is 2.05 bits per heavy atom. The van der Waals surface area contributed by atoms with Crippen LogP contribution in [0.4, 0.5) is 5.69 Å². The van der Waals surface area contributed by atoms with Crippen molar-refractivity contribution in [2.45, 2.75) is 6.42 Å². The summed E-state index contributed by atoms with van der Waals surface area (Å²) in [5.41, 5.74) is 6.58. The van der Waals surface area contributed by atoms with Crippen molar-refractivity contribution in [3.63, 3.8) is 0 Å². The zero-order valence-corrected chi connectivity index (χ0v) is 12.4. The van der Waals surface area contributed by atoms with Gasteiger partial charge in [0.15, 0.2) is 0 Å². The molecule has 19 heavy (non-hydrogen) atoms. The maximum atomic E-state index is 11.8. The van der Waals surface area contributed by atoms with Gasteiger partial charge in [0, 0.05) is 30.3 Å². The van der Waals surface area contributed by atoms with Crippen molar-refractivity contribution in [2.75, 3.05) is 39.3 Å². The Morgan fingerprint density at radius 3 is 2.79 bits per heavy atom. The highest BCUT2D eigenvalue weighted by Crippen LogP contribution is 2.20. The zero-order valence-electron chi connectivity index (χ0n) is 10.9. The average molecular weight is 332 g/mol. The van der Waals surface area contributed by atoms with Crippen LogP contribution in [0.2, 0.25) is 0 Å². The van der Waals surface area contributed by atoms with Crippen molar-refractivity contribution in [3.05, 3.63) is 28.2 Å². The van der Waals surface area contributed by atoms with E-state index in [0.717, 1.165) is 0 Å². The van der Waals surface area contributed by atoms with E-state index in [1.807, 2.05) is 0 Å². The van der Waals surface area contributed by atoms with E-state index in [-0.39, 0.29) is 0 Å². The lowest BCUT2D eigenvalue weighted by Crippen LogP contribution is -2.10. The predicted octanol–water partition coefficient (Wildman–Crippen LogP) is 2.24. The number of carbonyl (C=O) groups is 1. The van der Waals surface area contributed by atoms with Crippen LogP contribution in [0.3, 0.4) is 0 Å². The number of hydrogen-bond acceptors (Lipinski definition) is 5. The van der Waals surface area contributed by atoms with Crippen molar-refractivity contribution in [1.29, 1.82) is 0 Å². The van der Waals surface area contributed by atoms with Crippen molar-refractivity contribution in [1.82, 2.24) is 0 Å². The Labute approximate surface area is 121 Å². The summed E-state index contributed by atoms with van der Waals surface area (Å²) in [5, 5.41) is 0. The van der Waals surface area contributed by atoms with Crippen LogP contribution in [0.15, 0.2) is 22.7 Å². The Morgan fingerprint density at radius 1 is 1.26 bits per heavy atom. The normalized spacial score (nSPS) is 10.4. The van der Waals surface area contributed by atoms with Crippen LogP contribution in [0.25, 0.3) is 0 Å². The zero-order chi connectivity index (χ0) is 14.1. The lowest BCUT2D eigenvalue weighted by molar-refractivity contribution is 0.0385. The first-order valence-electron chi connectivity index (χ1n) is 5.94. The molecule has 0 radical (unpaired) electrons. The molecule has 0 spiro atoms. The highest BCUT2D eigenvalue weighted by Gasteiger charge is 2.11. The number of nitrogen functional groups attached to an aromatic ring is 1. The summed E-state index contributed by atoms with van der Waals surface area (Å²) in [6.45, 7) is 1.96. The average Bonchev–Trinajstić information content (AvgIpc) is 2.40. The van der Waals surface area contributed by atoms with Crippen LogP contribution in [-0.2, 0) is 14.2 Å². The second-order valence-corrected chi connectivity index (χ2v) is 4.69. The largest absolute Gasteiger partial charge is 0.462 e. The van der Waals surface area contributed by atoms with Crippen LogP contribution < -0.4 is 5.73 Å². The molecular formula is C13H18BrNO4. The van der Waals surface area contributed by atoms with Crippen LogP contribution in [0.5, 0.6) is 0 Å². The predicted molar refractivity (Wildman–Crippen MR) is 76.1 cm³/mol. The molecule has 106 valence electrons. The number of hydrogen-bond donors (Lipinski definition) is 1. The van der Waals surface area contributed by atoms with Gasteiger partial charge >= 0.3 is 5.97 Å². The fourth-order valence-electron chi connectivity index (χ4n) is 1.35. The summed E-state index contributed by atoms with van der Waals surface area (Å²) in [7, 11) is 1.62. The highest BCUT2D eigenvalue weighted by molar-refractivity contribution is 9.10. The van der Waals surface area contributed by atoms with Crippen molar-refractivity contribution >= 4 is 27.6 Å². The third kappa shape index (κ3) is 6.04. The lowest BCUT2D eigenvalue weighted by Gasteiger charge is -2.07. The highest BCUT2D eigenvalue weighted by atomic mass is 79.9. The maximum absolute atomic E-state index is 11.8. The molecular weight excluding hydrogens is 314 g/mol. The quantitative estimate of drug-likeness (QED) is 0.449. The second-order valence-electron chi connectivity index (χ2n) is 3.83. The molecule has 0 fully saturated rings. The molecule has 5 nitrogen and oxygen atoms in total. The summed E-state index contributed by atoms with van der Waals surface area (Å²) in [6.07, 6.45) is 0.648. The fraction of sp³-hybridized carbons (Fsp3) is 0.462. The molecule has 2 N–H and O–H groups in total. The van der Waals surface area contributed by atoms with Gasteiger partial charge in [-0.3, -0.25) is 0 Å². The minimum absolute atomic E-state index is 0.313. The lowest BCUT2D eigenvalue weighted by atomic mass is 10.2. The molecule has 0 saturated carbocycles. The van der Waals surface area contributed by atoms with E-state index in [1.165, 1.54) is 0 Å². The molecule has 1 aromatic carbocycles. The first-order valence-corrected chi connectivity index (χ1v) is 6.73. The van der Waals surface area contributed by atoms with E-state index < -0.39 is 5.97 Å². The monoisotopic (exact) mass is 331 g/mol. The van der Waals surface area contributed by atoms with E-state index >= 15 is 0 Å². The number of methoxy groups -OCH3 is 1. The van der Waals surface area contributed by atoms with Crippen molar-refractivity contribution < 1.29 is 19.0 Å². The number of nitrogens with two attached hydrogens (primary N) is 1. The maximum Gasteiger partial charge on any atom is 0.339 e. The van der Waals surface area contributed by atoms with Crippen molar-refractivity contribution in [2.24, 2.45) is 0 Å². The van der Waals surface area contributed by atoms with E-state index in [1.54, 1.807) is 25.3 Å².